The van der Waals surface area contributed by atoms with E-state index in [9.17, 15) is 13.2 Å². The van der Waals surface area contributed by atoms with Crippen molar-refractivity contribution in [3.05, 3.63) is 29.8 Å². The quantitative estimate of drug-likeness (QED) is 0.813. The molecule has 1 aromatic rings. The Balaban J connectivity index is 2.65. The third-order valence-corrected chi connectivity index (χ3v) is 2.93. The van der Waals surface area contributed by atoms with E-state index in [0.29, 0.717) is 5.75 Å². The minimum absolute atomic E-state index is 0.461. The predicted molar refractivity (Wildman–Crippen MR) is 53.8 cm³/mol. The Bertz CT molecular complexity index is 305. The van der Waals surface area contributed by atoms with Gasteiger partial charge in [0, 0.05) is 10.6 Å². The Kier molecular flexibility index (Phi) is 4.04. The van der Waals surface area contributed by atoms with Crippen LogP contribution in [0.2, 0.25) is 0 Å². The lowest BCUT2D eigenvalue weighted by Crippen LogP contribution is -2.04. The van der Waals surface area contributed by atoms with Crippen molar-refractivity contribution in [3.63, 3.8) is 0 Å². The van der Waals surface area contributed by atoms with Crippen LogP contribution in [0.4, 0.5) is 13.2 Å². The maximum atomic E-state index is 12.2. The number of benzene rings is 1. The largest absolute Gasteiger partial charge is 0.416 e. The molecule has 0 aliphatic carbocycles. The van der Waals surface area contributed by atoms with Crippen LogP contribution in [-0.4, -0.2) is 17.0 Å². The molecule has 0 fully saturated rings. The Labute approximate surface area is 90.3 Å². The molecule has 5 heteroatoms. The first-order valence-corrected chi connectivity index (χ1v) is 5.36. The molecule has 1 nitrogen and oxygen atoms in total. The van der Waals surface area contributed by atoms with Crippen LogP contribution < -0.4 is 0 Å². The van der Waals surface area contributed by atoms with Crippen molar-refractivity contribution in [1.82, 2.24) is 0 Å². The van der Waals surface area contributed by atoms with Crippen molar-refractivity contribution < 1.29 is 18.3 Å². The molecule has 0 heterocycles. The Morgan fingerprint density at radius 1 is 1.27 bits per heavy atom. The van der Waals surface area contributed by atoms with Crippen LogP contribution >= 0.6 is 11.8 Å². The van der Waals surface area contributed by atoms with Gasteiger partial charge in [0.15, 0.2) is 0 Å². The van der Waals surface area contributed by atoms with E-state index < -0.39 is 17.8 Å². The Hall–Kier alpha value is -0.680. The molecule has 0 spiro atoms. The van der Waals surface area contributed by atoms with Crippen molar-refractivity contribution in [2.75, 3.05) is 5.75 Å². The summed E-state index contributed by atoms with van der Waals surface area (Å²) in [4.78, 5) is 0.726. The number of hydrogen-bond acceptors (Lipinski definition) is 2. The van der Waals surface area contributed by atoms with Gasteiger partial charge in [-0.15, -0.1) is 11.8 Å². The van der Waals surface area contributed by atoms with E-state index in [4.69, 9.17) is 5.11 Å². The minimum Gasteiger partial charge on any atom is -0.393 e. The third-order valence-electron chi connectivity index (χ3n) is 1.67. The highest BCUT2D eigenvalue weighted by molar-refractivity contribution is 7.99. The van der Waals surface area contributed by atoms with Gasteiger partial charge in [0.25, 0.3) is 0 Å². The molecular weight excluding hydrogens is 225 g/mol. The van der Waals surface area contributed by atoms with Crippen LogP contribution in [0.5, 0.6) is 0 Å². The second-order valence-corrected chi connectivity index (χ2v) is 4.28. The van der Waals surface area contributed by atoms with Crippen LogP contribution in [0.1, 0.15) is 12.5 Å². The second kappa shape index (κ2) is 4.90. The van der Waals surface area contributed by atoms with Crippen molar-refractivity contribution >= 4 is 11.8 Å². The molecule has 1 unspecified atom stereocenters. The van der Waals surface area contributed by atoms with Gasteiger partial charge in [-0.05, 0) is 31.2 Å². The number of aliphatic hydroxyl groups is 1. The van der Waals surface area contributed by atoms with E-state index in [0.717, 1.165) is 17.0 Å². The van der Waals surface area contributed by atoms with Gasteiger partial charge < -0.3 is 5.11 Å². The van der Waals surface area contributed by atoms with E-state index in [1.165, 1.54) is 23.9 Å². The molecule has 0 amide bonds. The summed E-state index contributed by atoms with van der Waals surface area (Å²) in [6, 6.07) is 4.92. The molecule has 84 valence electrons. The Morgan fingerprint density at radius 3 is 2.20 bits per heavy atom. The van der Waals surface area contributed by atoms with Gasteiger partial charge in [0.2, 0.25) is 0 Å². The van der Waals surface area contributed by atoms with Crippen LogP contribution in [0.15, 0.2) is 29.2 Å². The van der Waals surface area contributed by atoms with E-state index in [1.807, 2.05) is 0 Å². The van der Waals surface area contributed by atoms with Gasteiger partial charge in [-0.2, -0.15) is 13.2 Å². The van der Waals surface area contributed by atoms with Gasteiger partial charge in [-0.25, -0.2) is 0 Å². The first-order chi connectivity index (χ1) is 6.89. The molecule has 0 aromatic heterocycles. The lowest BCUT2D eigenvalue weighted by Gasteiger charge is -2.08. The average Bonchev–Trinajstić information content (AvgIpc) is 2.14. The number of halogens is 3. The smallest absolute Gasteiger partial charge is 0.393 e. The molecular formula is C10H11F3OS. The van der Waals surface area contributed by atoms with Crippen LogP contribution in [0.25, 0.3) is 0 Å². The summed E-state index contributed by atoms with van der Waals surface area (Å²) in [5.74, 6) is 0.478. The molecule has 1 atom stereocenters. The zero-order valence-electron chi connectivity index (χ0n) is 8.08. The topological polar surface area (TPSA) is 20.2 Å². The first-order valence-electron chi connectivity index (χ1n) is 4.37. The fourth-order valence-corrected chi connectivity index (χ4v) is 1.72. The van der Waals surface area contributed by atoms with Crippen molar-refractivity contribution in [1.29, 1.82) is 0 Å². The van der Waals surface area contributed by atoms with Crippen molar-refractivity contribution in [3.8, 4) is 0 Å². The SMILES string of the molecule is CC(O)CSc1ccc(C(F)(F)F)cc1. The standard InChI is InChI=1S/C10H11F3OS/c1-7(14)6-15-9-4-2-8(3-5-9)10(11,12)13/h2-5,7,14H,6H2,1H3. The second-order valence-electron chi connectivity index (χ2n) is 3.18. The van der Waals surface area contributed by atoms with Crippen molar-refractivity contribution in [2.24, 2.45) is 0 Å². The summed E-state index contributed by atoms with van der Waals surface area (Å²) in [5.41, 5.74) is -0.649. The average molecular weight is 236 g/mol. The summed E-state index contributed by atoms with van der Waals surface area (Å²) in [6.45, 7) is 1.64. The summed E-state index contributed by atoms with van der Waals surface area (Å²) in [7, 11) is 0. The normalized spacial score (nSPS) is 13.9. The summed E-state index contributed by atoms with van der Waals surface area (Å²) < 4.78 is 36.6. The minimum atomic E-state index is -4.28. The van der Waals surface area contributed by atoms with Crippen LogP contribution in [-0.2, 0) is 6.18 Å². The number of alkyl halides is 3. The fourth-order valence-electron chi connectivity index (χ4n) is 0.957. The number of rotatable bonds is 3. The third kappa shape index (κ3) is 4.13. The zero-order chi connectivity index (χ0) is 11.5. The number of thioether (sulfide) groups is 1. The summed E-state index contributed by atoms with van der Waals surface area (Å²) in [6.07, 6.45) is -4.75. The molecule has 1 aromatic carbocycles. The molecule has 0 bridgehead atoms. The molecule has 1 rings (SSSR count). The zero-order valence-corrected chi connectivity index (χ0v) is 8.90. The van der Waals surface area contributed by atoms with E-state index in [2.05, 4.69) is 0 Å². The van der Waals surface area contributed by atoms with E-state index in [-0.39, 0.29) is 0 Å². The van der Waals surface area contributed by atoms with Crippen LogP contribution in [0.3, 0.4) is 0 Å². The van der Waals surface area contributed by atoms with Gasteiger partial charge in [-0.3, -0.25) is 0 Å². The van der Waals surface area contributed by atoms with E-state index in [1.54, 1.807) is 6.92 Å². The van der Waals surface area contributed by atoms with Gasteiger partial charge >= 0.3 is 6.18 Å². The molecule has 0 aliphatic rings. The predicted octanol–water partition coefficient (Wildman–Crippen LogP) is 3.18. The molecule has 0 radical (unpaired) electrons. The summed E-state index contributed by atoms with van der Waals surface area (Å²) in [5, 5.41) is 9.00. The fraction of sp³-hybridized carbons (Fsp3) is 0.400. The highest BCUT2D eigenvalue weighted by atomic mass is 32.2. The van der Waals surface area contributed by atoms with Gasteiger partial charge in [-0.1, -0.05) is 0 Å². The lowest BCUT2D eigenvalue weighted by molar-refractivity contribution is -0.137. The highest BCUT2D eigenvalue weighted by Crippen LogP contribution is 2.30. The maximum Gasteiger partial charge on any atom is 0.416 e. The lowest BCUT2D eigenvalue weighted by atomic mass is 10.2. The number of hydrogen-bond donors (Lipinski definition) is 1. The van der Waals surface area contributed by atoms with Crippen molar-refractivity contribution in [2.45, 2.75) is 24.1 Å². The number of aliphatic hydroxyl groups excluding tert-OH is 1. The molecule has 1 N–H and O–H groups in total. The Morgan fingerprint density at radius 2 is 1.80 bits per heavy atom. The maximum absolute atomic E-state index is 12.2. The highest BCUT2D eigenvalue weighted by Gasteiger charge is 2.29. The van der Waals surface area contributed by atoms with Crippen LogP contribution in [0, 0.1) is 0 Å². The molecule has 0 aliphatic heterocycles. The molecule has 15 heavy (non-hydrogen) atoms. The van der Waals surface area contributed by atoms with E-state index >= 15 is 0 Å². The van der Waals surface area contributed by atoms with Gasteiger partial charge in [0.1, 0.15) is 0 Å². The molecule has 0 saturated heterocycles. The first kappa shape index (κ1) is 12.4. The monoisotopic (exact) mass is 236 g/mol. The molecule has 0 saturated carbocycles. The van der Waals surface area contributed by atoms with Gasteiger partial charge in [0.05, 0.1) is 11.7 Å². The summed E-state index contributed by atoms with van der Waals surface area (Å²) >= 11 is 1.33.